The van der Waals surface area contributed by atoms with Crippen molar-refractivity contribution in [1.29, 1.82) is 0 Å². The summed E-state index contributed by atoms with van der Waals surface area (Å²) in [6.45, 7) is 4.37. The van der Waals surface area contributed by atoms with Gasteiger partial charge in [-0.05, 0) is 13.0 Å². The number of aliphatic imine (C=N–C) groups is 1. The van der Waals surface area contributed by atoms with Crippen LogP contribution in [-0.4, -0.2) is 19.3 Å². The smallest absolute Gasteiger partial charge is 0.0501 e. The van der Waals surface area contributed by atoms with E-state index in [1.807, 2.05) is 6.21 Å². The van der Waals surface area contributed by atoms with Crippen LogP contribution < -0.4 is 5.32 Å². The first kappa shape index (κ1) is 14.4. The minimum atomic E-state index is 0.951. The van der Waals surface area contributed by atoms with Gasteiger partial charge in [-0.1, -0.05) is 57.9 Å². The summed E-state index contributed by atoms with van der Waals surface area (Å²) in [6.07, 6.45) is 16.3. The first-order valence-electron chi connectivity index (χ1n) is 7.35. The number of hydrogen-bond donors (Lipinski definition) is 1. The number of unbranched alkanes of at least 4 members (excludes halogenated alkanes) is 7. The van der Waals surface area contributed by atoms with Crippen LogP contribution in [0.15, 0.2) is 16.8 Å². The van der Waals surface area contributed by atoms with Crippen LogP contribution in [0, 0.1) is 0 Å². The Kier molecular flexibility index (Phi) is 8.93. The summed E-state index contributed by atoms with van der Waals surface area (Å²) in [5.41, 5.74) is 1.21. The Bertz CT molecular complexity index is 231. The summed E-state index contributed by atoms with van der Waals surface area (Å²) in [5.74, 6) is 0. The molecular formula is C15H28N2. The second-order valence-corrected chi connectivity index (χ2v) is 4.89. The maximum absolute atomic E-state index is 4.29. The van der Waals surface area contributed by atoms with Crippen LogP contribution >= 0.6 is 0 Å². The lowest BCUT2D eigenvalue weighted by molar-refractivity contribution is 0.561. The Morgan fingerprint density at radius 2 is 1.76 bits per heavy atom. The highest BCUT2D eigenvalue weighted by atomic mass is 14.9. The molecule has 1 aliphatic rings. The molecule has 0 radical (unpaired) electrons. The molecule has 0 aliphatic carbocycles. The maximum atomic E-state index is 4.29. The average molecular weight is 236 g/mol. The SMILES string of the molecule is CCCCCCCCCCNCC1=CCC=N1. The fourth-order valence-corrected chi connectivity index (χ4v) is 2.13. The summed E-state index contributed by atoms with van der Waals surface area (Å²) >= 11 is 0. The zero-order chi connectivity index (χ0) is 12.2. The first-order valence-corrected chi connectivity index (χ1v) is 7.35. The van der Waals surface area contributed by atoms with E-state index in [0.717, 1.165) is 19.5 Å². The molecule has 0 fully saturated rings. The second kappa shape index (κ2) is 10.5. The topological polar surface area (TPSA) is 24.4 Å². The molecule has 0 bridgehead atoms. The number of nitrogens with one attached hydrogen (secondary N) is 1. The quantitative estimate of drug-likeness (QED) is 0.537. The van der Waals surface area contributed by atoms with E-state index in [0.29, 0.717) is 0 Å². The zero-order valence-electron chi connectivity index (χ0n) is 11.4. The normalized spacial score (nSPS) is 14.3. The van der Waals surface area contributed by atoms with Gasteiger partial charge in [0.05, 0.1) is 5.70 Å². The Morgan fingerprint density at radius 1 is 1.06 bits per heavy atom. The van der Waals surface area contributed by atoms with Crippen LogP contribution in [0.25, 0.3) is 0 Å². The third-order valence-corrected chi connectivity index (χ3v) is 3.23. The highest BCUT2D eigenvalue weighted by Gasteiger charge is 1.97. The van der Waals surface area contributed by atoms with Crippen LogP contribution in [-0.2, 0) is 0 Å². The summed E-state index contributed by atoms with van der Waals surface area (Å²) < 4.78 is 0. The van der Waals surface area contributed by atoms with E-state index in [-0.39, 0.29) is 0 Å². The standard InChI is InChI=1S/C15H28N2/c1-2-3-4-5-6-7-8-9-12-16-14-15-11-10-13-17-15/h11,13,16H,2-10,12,14H2,1H3. The van der Waals surface area contributed by atoms with Crippen molar-refractivity contribution in [3.63, 3.8) is 0 Å². The van der Waals surface area contributed by atoms with Crippen molar-refractivity contribution in [3.8, 4) is 0 Å². The largest absolute Gasteiger partial charge is 0.311 e. The lowest BCUT2D eigenvalue weighted by Gasteiger charge is -2.04. The molecule has 1 aliphatic heterocycles. The van der Waals surface area contributed by atoms with Gasteiger partial charge in [0.1, 0.15) is 0 Å². The minimum absolute atomic E-state index is 0.951. The highest BCUT2D eigenvalue weighted by Crippen LogP contribution is 2.08. The van der Waals surface area contributed by atoms with E-state index >= 15 is 0 Å². The predicted octanol–water partition coefficient (Wildman–Crippen LogP) is 4.08. The molecule has 17 heavy (non-hydrogen) atoms. The van der Waals surface area contributed by atoms with E-state index in [2.05, 4.69) is 23.3 Å². The maximum Gasteiger partial charge on any atom is 0.0501 e. The van der Waals surface area contributed by atoms with Gasteiger partial charge in [-0.25, -0.2) is 0 Å². The molecule has 0 unspecified atom stereocenters. The molecule has 1 rings (SSSR count). The van der Waals surface area contributed by atoms with Crippen molar-refractivity contribution < 1.29 is 0 Å². The first-order chi connectivity index (χ1) is 8.43. The monoisotopic (exact) mass is 236 g/mol. The van der Waals surface area contributed by atoms with E-state index in [1.54, 1.807) is 0 Å². The van der Waals surface area contributed by atoms with Gasteiger partial charge in [0.15, 0.2) is 0 Å². The number of allylic oxidation sites excluding steroid dienone is 1. The Morgan fingerprint density at radius 3 is 2.41 bits per heavy atom. The number of hydrogen-bond acceptors (Lipinski definition) is 2. The summed E-state index contributed by atoms with van der Waals surface area (Å²) in [7, 11) is 0. The van der Waals surface area contributed by atoms with Crippen LogP contribution in [0.5, 0.6) is 0 Å². The molecule has 2 nitrogen and oxygen atoms in total. The second-order valence-electron chi connectivity index (χ2n) is 4.89. The van der Waals surface area contributed by atoms with Crippen molar-refractivity contribution in [2.45, 2.75) is 64.7 Å². The fourth-order valence-electron chi connectivity index (χ4n) is 2.13. The molecule has 2 heteroatoms. The van der Waals surface area contributed by atoms with Gasteiger partial charge in [0, 0.05) is 19.2 Å². The van der Waals surface area contributed by atoms with Crippen LogP contribution in [0.2, 0.25) is 0 Å². The van der Waals surface area contributed by atoms with Crippen molar-refractivity contribution >= 4 is 6.21 Å². The number of rotatable bonds is 11. The van der Waals surface area contributed by atoms with Gasteiger partial charge in [-0.2, -0.15) is 0 Å². The van der Waals surface area contributed by atoms with Crippen LogP contribution in [0.3, 0.4) is 0 Å². The molecule has 1 heterocycles. The summed E-state index contributed by atoms with van der Waals surface area (Å²) in [6, 6.07) is 0. The van der Waals surface area contributed by atoms with Crippen molar-refractivity contribution in [2.24, 2.45) is 4.99 Å². The van der Waals surface area contributed by atoms with Crippen LogP contribution in [0.1, 0.15) is 64.7 Å². The Labute approximate surface area is 107 Å². The van der Waals surface area contributed by atoms with E-state index in [1.165, 1.54) is 57.1 Å². The highest BCUT2D eigenvalue weighted by molar-refractivity contribution is 5.64. The van der Waals surface area contributed by atoms with Crippen molar-refractivity contribution in [1.82, 2.24) is 5.32 Å². The minimum Gasteiger partial charge on any atom is -0.311 e. The lowest BCUT2D eigenvalue weighted by Crippen LogP contribution is -2.17. The molecule has 0 atom stereocenters. The lowest BCUT2D eigenvalue weighted by atomic mass is 10.1. The van der Waals surface area contributed by atoms with Crippen molar-refractivity contribution in [2.75, 3.05) is 13.1 Å². The molecule has 0 saturated carbocycles. The van der Waals surface area contributed by atoms with E-state index < -0.39 is 0 Å². The van der Waals surface area contributed by atoms with Gasteiger partial charge in [-0.3, -0.25) is 4.99 Å². The molecule has 0 aromatic rings. The molecular weight excluding hydrogens is 208 g/mol. The van der Waals surface area contributed by atoms with E-state index in [4.69, 9.17) is 0 Å². The van der Waals surface area contributed by atoms with Crippen LogP contribution in [0.4, 0.5) is 0 Å². The molecule has 0 spiro atoms. The predicted molar refractivity (Wildman–Crippen MR) is 76.7 cm³/mol. The third-order valence-electron chi connectivity index (χ3n) is 3.23. The summed E-state index contributed by atoms with van der Waals surface area (Å²) in [5, 5.41) is 3.46. The Balaban J connectivity index is 1.74. The molecule has 0 aromatic heterocycles. The van der Waals surface area contributed by atoms with Gasteiger partial charge in [0.2, 0.25) is 0 Å². The molecule has 0 amide bonds. The summed E-state index contributed by atoms with van der Waals surface area (Å²) in [4.78, 5) is 4.29. The van der Waals surface area contributed by atoms with Gasteiger partial charge >= 0.3 is 0 Å². The fraction of sp³-hybridized carbons (Fsp3) is 0.800. The molecule has 1 N–H and O–H groups in total. The van der Waals surface area contributed by atoms with Gasteiger partial charge in [-0.15, -0.1) is 0 Å². The number of nitrogens with zero attached hydrogens (tertiary/aromatic N) is 1. The van der Waals surface area contributed by atoms with E-state index in [9.17, 15) is 0 Å². The Hall–Kier alpha value is -0.630. The molecule has 0 saturated heterocycles. The molecule has 0 aromatic carbocycles. The van der Waals surface area contributed by atoms with Gasteiger partial charge in [0.25, 0.3) is 0 Å². The van der Waals surface area contributed by atoms with Crippen molar-refractivity contribution in [3.05, 3.63) is 11.8 Å². The average Bonchev–Trinajstić information content (AvgIpc) is 2.85. The third kappa shape index (κ3) is 8.14. The van der Waals surface area contributed by atoms with Gasteiger partial charge < -0.3 is 5.32 Å². The zero-order valence-corrected chi connectivity index (χ0v) is 11.4. The molecule has 98 valence electrons.